The summed E-state index contributed by atoms with van der Waals surface area (Å²) in [5.74, 6) is 0.846. The first-order valence-electron chi connectivity index (χ1n) is 6.39. The van der Waals surface area contributed by atoms with Crippen LogP contribution in [0.2, 0.25) is 0 Å². The van der Waals surface area contributed by atoms with Crippen molar-refractivity contribution in [3.8, 4) is 5.75 Å². The van der Waals surface area contributed by atoms with E-state index < -0.39 is 10.0 Å². The van der Waals surface area contributed by atoms with Crippen LogP contribution in [0.3, 0.4) is 0 Å². The van der Waals surface area contributed by atoms with Gasteiger partial charge in [0.2, 0.25) is 5.90 Å². The first kappa shape index (κ1) is 14.8. The van der Waals surface area contributed by atoms with Gasteiger partial charge in [0.05, 0.1) is 11.9 Å². The lowest BCUT2D eigenvalue weighted by atomic mass is 9.84. The predicted molar refractivity (Wildman–Crippen MR) is 81.0 cm³/mol. The third-order valence-electron chi connectivity index (χ3n) is 3.16. The van der Waals surface area contributed by atoms with Crippen molar-refractivity contribution in [3.05, 3.63) is 24.3 Å². The molecule has 0 aromatic heterocycles. The van der Waals surface area contributed by atoms with Gasteiger partial charge in [0, 0.05) is 7.05 Å². The molecule has 0 bridgehead atoms. The average Bonchev–Trinajstić information content (AvgIpc) is 2.24. The number of hydrogen-bond donors (Lipinski definition) is 0. The Morgan fingerprint density at radius 1 is 1.25 bits per heavy atom. The summed E-state index contributed by atoms with van der Waals surface area (Å²) in [5, 5.41) is 0. The first-order valence-corrected chi connectivity index (χ1v) is 8.24. The van der Waals surface area contributed by atoms with Crippen molar-refractivity contribution in [1.82, 2.24) is 0 Å². The molecule has 0 spiro atoms. The second-order valence-electron chi connectivity index (χ2n) is 6.11. The summed E-state index contributed by atoms with van der Waals surface area (Å²) < 4.78 is 32.5. The maximum Gasteiger partial charge on any atom is 0.253 e. The Kier molecular flexibility index (Phi) is 3.54. The van der Waals surface area contributed by atoms with Gasteiger partial charge < -0.3 is 9.64 Å². The second kappa shape index (κ2) is 4.77. The summed E-state index contributed by atoms with van der Waals surface area (Å²) in [5.41, 5.74) is 0.714. The number of sulfonamides is 1. The second-order valence-corrected chi connectivity index (χ2v) is 7.76. The van der Waals surface area contributed by atoms with Gasteiger partial charge in [0.15, 0.2) is 5.75 Å². The molecule has 0 N–H and O–H groups in total. The minimum Gasteiger partial charge on any atom is -0.438 e. The number of para-hydroxylation sites is 2. The minimum atomic E-state index is -3.51. The SMILES string of the molecule is CN1c2ccccc2O/C(=N/S(C)(=O)=O)C1C(C)(C)C. The fourth-order valence-electron chi connectivity index (χ4n) is 2.49. The zero-order valence-electron chi connectivity index (χ0n) is 12.4. The van der Waals surface area contributed by atoms with Crippen LogP contribution >= 0.6 is 0 Å². The monoisotopic (exact) mass is 296 g/mol. The Bertz CT molecular complexity index is 645. The summed E-state index contributed by atoms with van der Waals surface area (Å²) in [6.07, 6.45) is 1.07. The number of hydrogen-bond acceptors (Lipinski definition) is 4. The quantitative estimate of drug-likeness (QED) is 0.798. The van der Waals surface area contributed by atoms with Crippen LogP contribution in [0.1, 0.15) is 20.8 Å². The number of rotatable bonds is 1. The molecule has 2 rings (SSSR count). The van der Waals surface area contributed by atoms with Gasteiger partial charge in [-0.05, 0) is 17.5 Å². The van der Waals surface area contributed by atoms with Crippen molar-refractivity contribution in [2.24, 2.45) is 9.81 Å². The minimum absolute atomic E-state index is 0.216. The van der Waals surface area contributed by atoms with E-state index in [1.165, 1.54) is 0 Å². The van der Waals surface area contributed by atoms with Crippen LogP contribution < -0.4 is 9.64 Å². The fraction of sp³-hybridized carbons (Fsp3) is 0.500. The van der Waals surface area contributed by atoms with Gasteiger partial charge in [0.25, 0.3) is 10.0 Å². The highest BCUT2D eigenvalue weighted by molar-refractivity contribution is 7.89. The standard InChI is InChI=1S/C14H20N2O3S/c1-14(2,3)12-13(15-20(5,17)18)19-11-9-7-6-8-10(11)16(12)4/h6-9,12H,1-5H3/b15-13+. The van der Waals surface area contributed by atoms with E-state index in [0.29, 0.717) is 5.75 Å². The Morgan fingerprint density at radius 3 is 2.40 bits per heavy atom. The van der Waals surface area contributed by atoms with Crippen LogP contribution in [-0.2, 0) is 10.0 Å². The molecule has 110 valence electrons. The number of benzene rings is 1. The molecule has 1 aromatic rings. The fourth-order valence-corrected chi connectivity index (χ4v) is 2.96. The van der Waals surface area contributed by atoms with Crippen LogP contribution in [0.4, 0.5) is 5.69 Å². The van der Waals surface area contributed by atoms with E-state index in [9.17, 15) is 8.42 Å². The molecule has 0 saturated carbocycles. The van der Waals surface area contributed by atoms with E-state index >= 15 is 0 Å². The molecule has 0 radical (unpaired) electrons. The number of likely N-dealkylation sites (N-methyl/N-ethyl adjacent to an activating group) is 1. The number of anilines is 1. The molecule has 6 heteroatoms. The number of nitrogens with zero attached hydrogens (tertiary/aromatic N) is 2. The maximum atomic E-state index is 11.5. The van der Waals surface area contributed by atoms with Crippen LogP contribution in [0.5, 0.6) is 5.75 Å². The van der Waals surface area contributed by atoms with Gasteiger partial charge in [-0.15, -0.1) is 4.40 Å². The van der Waals surface area contributed by atoms with Crippen molar-refractivity contribution in [3.63, 3.8) is 0 Å². The van der Waals surface area contributed by atoms with E-state index in [0.717, 1.165) is 11.9 Å². The Hall–Kier alpha value is -1.56. The van der Waals surface area contributed by atoms with Crippen LogP contribution in [0, 0.1) is 5.41 Å². The lowest BCUT2D eigenvalue weighted by molar-refractivity contribution is 0.329. The molecule has 0 fully saturated rings. The Labute approximate surface area is 120 Å². The number of fused-ring (bicyclic) bond motifs is 1. The van der Waals surface area contributed by atoms with Gasteiger partial charge >= 0.3 is 0 Å². The summed E-state index contributed by atoms with van der Waals surface area (Å²) in [7, 11) is -1.58. The van der Waals surface area contributed by atoms with Crippen LogP contribution in [0.15, 0.2) is 28.7 Å². The third kappa shape index (κ3) is 2.95. The molecule has 0 amide bonds. The van der Waals surface area contributed by atoms with Gasteiger partial charge in [-0.3, -0.25) is 0 Å². The zero-order chi connectivity index (χ0) is 15.1. The number of ether oxygens (including phenoxy) is 1. The molecule has 20 heavy (non-hydrogen) atoms. The molecule has 1 unspecified atom stereocenters. The van der Waals surface area contributed by atoms with Crippen molar-refractivity contribution in [2.75, 3.05) is 18.2 Å². The Balaban J connectivity index is 2.60. The lowest BCUT2D eigenvalue weighted by Crippen LogP contribution is -2.52. The van der Waals surface area contributed by atoms with E-state index in [1.807, 2.05) is 57.0 Å². The highest BCUT2D eigenvalue weighted by Gasteiger charge is 2.39. The predicted octanol–water partition coefficient (Wildman–Crippen LogP) is 2.29. The molecule has 0 aliphatic carbocycles. The van der Waals surface area contributed by atoms with Gasteiger partial charge in [-0.25, -0.2) is 8.42 Å². The highest BCUT2D eigenvalue weighted by atomic mass is 32.2. The first-order chi connectivity index (χ1) is 9.09. The van der Waals surface area contributed by atoms with Crippen molar-refractivity contribution in [1.29, 1.82) is 0 Å². The molecule has 1 heterocycles. The van der Waals surface area contributed by atoms with E-state index in [2.05, 4.69) is 4.40 Å². The third-order valence-corrected chi connectivity index (χ3v) is 3.67. The summed E-state index contributed by atoms with van der Waals surface area (Å²) in [4.78, 5) is 2.02. The van der Waals surface area contributed by atoms with E-state index in [4.69, 9.17) is 4.74 Å². The van der Waals surface area contributed by atoms with Gasteiger partial charge in [0.1, 0.15) is 6.04 Å². The van der Waals surface area contributed by atoms with E-state index in [1.54, 1.807) is 0 Å². The summed E-state index contributed by atoms with van der Waals surface area (Å²) >= 11 is 0. The molecule has 1 atom stereocenters. The Morgan fingerprint density at radius 2 is 1.85 bits per heavy atom. The highest BCUT2D eigenvalue weighted by Crippen LogP contribution is 2.39. The molecule has 0 saturated heterocycles. The molecule has 1 aromatic carbocycles. The molecule has 1 aliphatic rings. The van der Waals surface area contributed by atoms with Gasteiger partial charge in [-0.1, -0.05) is 32.9 Å². The van der Waals surface area contributed by atoms with Crippen molar-refractivity contribution in [2.45, 2.75) is 26.8 Å². The van der Waals surface area contributed by atoms with Crippen LogP contribution in [0.25, 0.3) is 0 Å². The molecular formula is C14H20N2O3S. The molecule has 1 aliphatic heterocycles. The largest absolute Gasteiger partial charge is 0.438 e. The summed E-state index contributed by atoms with van der Waals surface area (Å²) in [6, 6.07) is 7.29. The maximum absolute atomic E-state index is 11.5. The topological polar surface area (TPSA) is 59.0 Å². The lowest BCUT2D eigenvalue weighted by Gasteiger charge is -2.42. The molecule has 5 nitrogen and oxygen atoms in total. The zero-order valence-corrected chi connectivity index (χ0v) is 13.2. The van der Waals surface area contributed by atoms with Crippen molar-refractivity contribution >= 4 is 21.6 Å². The summed E-state index contributed by atoms with van der Waals surface area (Å²) in [6.45, 7) is 6.09. The van der Waals surface area contributed by atoms with Gasteiger partial charge in [-0.2, -0.15) is 0 Å². The van der Waals surface area contributed by atoms with Crippen LogP contribution in [-0.4, -0.2) is 33.7 Å². The van der Waals surface area contributed by atoms with E-state index in [-0.39, 0.29) is 17.4 Å². The van der Waals surface area contributed by atoms with Crippen molar-refractivity contribution < 1.29 is 13.2 Å². The average molecular weight is 296 g/mol. The smallest absolute Gasteiger partial charge is 0.253 e. The molecular weight excluding hydrogens is 276 g/mol. The normalized spacial score (nSPS) is 21.6.